The SMILES string of the molecule is COc1ccc(NC(=O)c2cc(S(N)(=O)=O)ccc2Cl)cc1OC(F)F. The van der Waals surface area contributed by atoms with Gasteiger partial charge in [-0.2, -0.15) is 8.78 Å². The Kier molecular flexibility index (Phi) is 6.01. The fourth-order valence-corrected chi connectivity index (χ4v) is 2.74. The van der Waals surface area contributed by atoms with Crippen LogP contribution in [-0.4, -0.2) is 28.0 Å². The van der Waals surface area contributed by atoms with Gasteiger partial charge >= 0.3 is 6.61 Å². The fraction of sp³-hybridized carbons (Fsp3) is 0.133. The number of halogens is 3. The molecule has 2 aromatic carbocycles. The number of nitrogens with two attached hydrogens (primary N) is 1. The van der Waals surface area contributed by atoms with Gasteiger partial charge in [-0.3, -0.25) is 4.79 Å². The number of sulfonamides is 1. The molecule has 2 rings (SSSR count). The van der Waals surface area contributed by atoms with Crippen molar-refractivity contribution in [2.45, 2.75) is 11.5 Å². The predicted octanol–water partition coefficient (Wildman–Crippen LogP) is 2.85. The number of rotatable bonds is 6. The number of primary sulfonamides is 1. The molecule has 7 nitrogen and oxygen atoms in total. The summed E-state index contributed by atoms with van der Waals surface area (Å²) in [6.07, 6.45) is 0. The third kappa shape index (κ3) is 4.81. The van der Waals surface area contributed by atoms with Crippen molar-refractivity contribution in [1.82, 2.24) is 0 Å². The van der Waals surface area contributed by atoms with Crippen LogP contribution in [0.3, 0.4) is 0 Å². The van der Waals surface area contributed by atoms with Crippen molar-refractivity contribution < 1.29 is 31.5 Å². The van der Waals surface area contributed by atoms with Crippen LogP contribution >= 0.6 is 11.6 Å². The highest BCUT2D eigenvalue weighted by Gasteiger charge is 2.17. The molecule has 0 atom stereocenters. The molecule has 0 spiro atoms. The van der Waals surface area contributed by atoms with Gasteiger partial charge in [0.25, 0.3) is 5.91 Å². The van der Waals surface area contributed by atoms with E-state index in [1.807, 2.05) is 0 Å². The molecule has 140 valence electrons. The van der Waals surface area contributed by atoms with Gasteiger partial charge in [-0.1, -0.05) is 11.6 Å². The lowest BCUT2D eigenvalue weighted by molar-refractivity contribution is -0.0511. The van der Waals surface area contributed by atoms with Gasteiger partial charge in [0.1, 0.15) is 0 Å². The van der Waals surface area contributed by atoms with Gasteiger partial charge in [-0.25, -0.2) is 13.6 Å². The minimum Gasteiger partial charge on any atom is -0.493 e. The van der Waals surface area contributed by atoms with Gasteiger partial charge < -0.3 is 14.8 Å². The summed E-state index contributed by atoms with van der Waals surface area (Å²) in [7, 11) is -2.77. The Morgan fingerprint density at radius 3 is 2.46 bits per heavy atom. The maximum Gasteiger partial charge on any atom is 0.387 e. The molecule has 0 aliphatic carbocycles. The van der Waals surface area contributed by atoms with Crippen molar-refractivity contribution >= 4 is 33.2 Å². The maximum atomic E-state index is 12.5. The first-order valence-corrected chi connectivity index (χ1v) is 8.81. The Morgan fingerprint density at radius 2 is 1.88 bits per heavy atom. The van der Waals surface area contributed by atoms with Gasteiger partial charge in [-0.15, -0.1) is 0 Å². The van der Waals surface area contributed by atoms with Crippen LogP contribution in [0.1, 0.15) is 10.4 Å². The number of nitrogens with one attached hydrogen (secondary N) is 1. The van der Waals surface area contributed by atoms with Crippen LogP contribution in [-0.2, 0) is 10.0 Å². The average Bonchev–Trinajstić information content (AvgIpc) is 2.53. The summed E-state index contributed by atoms with van der Waals surface area (Å²) in [5.74, 6) is -1.02. The second-order valence-electron chi connectivity index (χ2n) is 4.88. The van der Waals surface area contributed by atoms with Gasteiger partial charge in [0.2, 0.25) is 10.0 Å². The normalized spacial score (nSPS) is 11.3. The third-order valence-electron chi connectivity index (χ3n) is 3.15. The molecule has 0 aromatic heterocycles. The number of hydrogen-bond donors (Lipinski definition) is 2. The summed E-state index contributed by atoms with van der Waals surface area (Å²) in [4.78, 5) is 12.0. The van der Waals surface area contributed by atoms with E-state index in [1.165, 1.54) is 25.3 Å². The topological polar surface area (TPSA) is 108 Å². The van der Waals surface area contributed by atoms with Gasteiger partial charge in [-0.05, 0) is 30.3 Å². The highest BCUT2D eigenvalue weighted by molar-refractivity contribution is 7.89. The number of carbonyl (C=O) groups excluding carboxylic acids is 1. The van der Waals surface area contributed by atoms with Gasteiger partial charge in [0, 0.05) is 11.8 Å². The zero-order valence-electron chi connectivity index (χ0n) is 13.2. The van der Waals surface area contributed by atoms with Gasteiger partial charge in [0.05, 0.1) is 22.6 Å². The number of benzene rings is 2. The van der Waals surface area contributed by atoms with Crippen molar-refractivity contribution in [3.8, 4) is 11.5 Å². The number of amides is 1. The van der Waals surface area contributed by atoms with E-state index in [9.17, 15) is 22.0 Å². The van der Waals surface area contributed by atoms with E-state index in [0.29, 0.717) is 0 Å². The van der Waals surface area contributed by atoms with Crippen LogP contribution in [0.15, 0.2) is 41.3 Å². The first-order valence-electron chi connectivity index (χ1n) is 6.88. The van der Waals surface area contributed by atoms with E-state index in [-0.39, 0.29) is 32.7 Å². The molecule has 0 radical (unpaired) electrons. The molecule has 0 saturated heterocycles. The number of methoxy groups -OCH3 is 1. The highest BCUT2D eigenvalue weighted by atomic mass is 35.5. The summed E-state index contributed by atoms with van der Waals surface area (Å²) >= 11 is 5.91. The largest absolute Gasteiger partial charge is 0.493 e. The van der Waals surface area contributed by atoms with Crippen LogP contribution in [0.4, 0.5) is 14.5 Å². The summed E-state index contributed by atoms with van der Waals surface area (Å²) in [6, 6.07) is 7.18. The van der Waals surface area contributed by atoms with Crippen LogP contribution in [0.5, 0.6) is 11.5 Å². The number of anilines is 1. The first kappa shape index (κ1) is 19.9. The minimum atomic E-state index is -4.04. The van der Waals surface area contributed by atoms with E-state index in [2.05, 4.69) is 10.1 Å². The lowest BCUT2D eigenvalue weighted by Crippen LogP contribution is -2.16. The average molecular weight is 407 g/mol. The zero-order valence-corrected chi connectivity index (χ0v) is 14.8. The molecule has 0 fully saturated rings. The Bertz CT molecular complexity index is 938. The second kappa shape index (κ2) is 7.85. The smallest absolute Gasteiger partial charge is 0.387 e. The Balaban J connectivity index is 2.33. The molecule has 0 aliphatic heterocycles. The van der Waals surface area contributed by atoms with Crippen LogP contribution in [0.2, 0.25) is 5.02 Å². The molecule has 11 heteroatoms. The number of carbonyl (C=O) groups is 1. The standard InChI is InChI=1S/C15H13ClF2N2O5S/c1-24-12-5-2-8(6-13(12)25-15(17)18)20-14(21)10-7-9(26(19,22)23)3-4-11(10)16/h2-7,15H,1H3,(H,20,21)(H2,19,22,23). The molecule has 0 bridgehead atoms. The summed E-state index contributed by atoms with van der Waals surface area (Å²) in [6.45, 7) is -3.09. The number of ether oxygens (including phenoxy) is 2. The van der Waals surface area contributed by atoms with E-state index in [0.717, 1.165) is 18.2 Å². The Morgan fingerprint density at radius 1 is 1.19 bits per heavy atom. The van der Waals surface area contributed by atoms with Crippen molar-refractivity contribution in [2.75, 3.05) is 12.4 Å². The van der Waals surface area contributed by atoms with Crippen molar-refractivity contribution in [2.24, 2.45) is 5.14 Å². The Hall–Kier alpha value is -2.43. The lowest BCUT2D eigenvalue weighted by Gasteiger charge is -2.13. The number of hydrogen-bond acceptors (Lipinski definition) is 5. The molecule has 0 heterocycles. The van der Waals surface area contributed by atoms with Crippen LogP contribution in [0, 0.1) is 0 Å². The van der Waals surface area contributed by atoms with E-state index >= 15 is 0 Å². The van der Waals surface area contributed by atoms with E-state index < -0.39 is 22.5 Å². The van der Waals surface area contributed by atoms with Crippen molar-refractivity contribution in [1.29, 1.82) is 0 Å². The minimum absolute atomic E-state index is 0.0209. The zero-order chi connectivity index (χ0) is 19.5. The lowest BCUT2D eigenvalue weighted by atomic mass is 10.2. The van der Waals surface area contributed by atoms with Crippen molar-refractivity contribution in [3.05, 3.63) is 47.0 Å². The molecule has 0 saturated carbocycles. The number of alkyl halides is 2. The predicted molar refractivity (Wildman–Crippen MR) is 90.4 cm³/mol. The molecule has 0 unspecified atom stereocenters. The second-order valence-corrected chi connectivity index (χ2v) is 6.85. The molecule has 0 aliphatic rings. The molecular weight excluding hydrogens is 394 g/mol. The highest BCUT2D eigenvalue weighted by Crippen LogP contribution is 2.32. The summed E-state index contributed by atoms with van der Waals surface area (Å²) in [5, 5.41) is 7.40. The maximum absolute atomic E-state index is 12.5. The van der Waals surface area contributed by atoms with Crippen LogP contribution in [0.25, 0.3) is 0 Å². The monoisotopic (exact) mass is 406 g/mol. The molecule has 2 aromatic rings. The molecular formula is C15H13ClF2N2O5S. The van der Waals surface area contributed by atoms with E-state index in [1.54, 1.807) is 0 Å². The summed E-state index contributed by atoms with van der Waals surface area (Å²) in [5.41, 5.74) is -0.0612. The van der Waals surface area contributed by atoms with Gasteiger partial charge in [0.15, 0.2) is 11.5 Å². The quantitative estimate of drug-likeness (QED) is 0.766. The molecule has 1 amide bonds. The first-order chi connectivity index (χ1) is 12.1. The third-order valence-corrected chi connectivity index (χ3v) is 4.39. The van der Waals surface area contributed by atoms with Crippen molar-refractivity contribution in [3.63, 3.8) is 0 Å². The van der Waals surface area contributed by atoms with E-state index in [4.69, 9.17) is 21.5 Å². The van der Waals surface area contributed by atoms with Crippen LogP contribution < -0.4 is 19.9 Å². The Labute approximate surface area is 152 Å². The molecule has 26 heavy (non-hydrogen) atoms. The summed E-state index contributed by atoms with van der Waals surface area (Å²) < 4.78 is 56.9. The fourth-order valence-electron chi connectivity index (χ4n) is 2.00. The molecule has 3 N–H and O–H groups in total.